The van der Waals surface area contributed by atoms with Crippen LogP contribution in [0.4, 0.5) is 5.69 Å². The van der Waals surface area contributed by atoms with Gasteiger partial charge in [-0.25, -0.2) is 8.42 Å². The molecule has 0 saturated carbocycles. The van der Waals surface area contributed by atoms with Gasteiger partial charge in [0.25, 0.3) is 5.69 Å². The maximum absolute atomic E-state index is 12.8. The molecule has 4 rings (SSSR count). The number of benzene rings is 2. The number of carbonyl (C=O) groups is 1. The fourth-order valence-corrected chi connectivity index (χ4v) is 5.29. The van der Waals surface area contributed by atoms with Crippen molar-refractivity contribution in [1.82, 2.24) is 9.21 Å². The average molecular weight is 494 g/mol. The topological polar surface area (TPSA) is 119 Å². The highest BCUT2D eigenvalue weighted by molar-refractivity contribution is 7.89. The lowest BCUT2D eigenvalue weighted by Gasteiger charge is -2.33. The van der Waals surface area contributed by atoms with Gasteiger partial charge in [0.2, 0.25) is 15.9 Å². The zero-order valence-corrected chi connectivity index (χ0v) is 18.9. The van der Waals surface area contributed by atoms with E-state index < -0.39 is 14.9 Å². The molecule has 2 aliphatic heterocycles. The number of hydrogen-bond donors (Lipinski definition) is 0. The number of non-ortho nitro benzene ring substituents is 1. The Kier molecular flexibility index (Phi) is 6.54. The molecule has 0 aliphatic carbocycles. The molecule has 12 heteroatoms. The lowest BCUT2D eigenvalue weighted by atomic mass is 10.1. The van der Waals surface area contributed by atoms with E-state index in [1.165, 1.54) is 33.5 Å². The molecule has 0 N–H and O–H groups in total. The standard InChI is InChI=1S/C21H20ClN3O7S/c22-18-12-15(13-19-21(18)32-11-10-31-19)4-5-20(26)23-6-8-24(9-7-23)33(29,30)17-3-1-2-16(14-17)25(27)28/h1-5,12-14H,6-11H2/b5-4+. The van der Waals surface area contributed by atoms with Crippen LogP contribution in [0.2, 0.25) is 5.02 Å². The summed E-state index contributed by atoms with van der Waals surface area (Å²) >= 11 is 6.21. The molecule has 33 heavy (non-hydrogen) atoms. The van der Waals surface area contributed by atoms with E-state index in [0.717, 1.165) is 6.07 Å². The largest absolute Gasteiger partial charge is 0.486 e. The Morgan fingerprint density at radius 2 is 1.82 bits per heavy atom. The van der Waals surface area contributed by atoms with Crippen LogP contribution in [-0.2, 0) is 14.8 Å². The maximum atomic E-state index is 12.8. The van der Waals surface area contributed by atoms with Crippen molar-refractivity contribution < 1.29 is 27.6 Å². The van der Waals surface area contributed by atoms with Crippen LogP contribution in [-0.4, -0.2) is 67.8 Å². The van der Waals surface area contributed by atoms with Crippen LogP contribution in [0.15, 0.2) is 47.4 Å². The summed E-state index contributed by atoms with van der Waals surface area (Å²) in [5.74, 6) is 0.724. The van der Waals surface area contributed by atoms with Crippen LogP contribution in [0.5, 0.6) is 11.5 Å². The number of nitro groups is 1. The summed E-state index contributed by atoms with van der Waals surface area (Å²) in [7, 11) is -3.90. The molecule has 0 aromatic heterocycles. The Balaban J connectivity index is 1.40. The fraction of sp³-hybridized carbons (Fsp3) is 0.286. The van der Waals surface area contributed by atoms with E-state index in [0.29, 0.717) is 35.3 Å². The summed E-state index contributed by atoms with van der Waals surface area (Å²) in [4.78, 5) is 24.3. The van der Waals surface area contributed by atoms with Crippen molar-refractivity contribution >= 4 is 39.3 Å². The minimum atomic E-state index is -3.90. The normalized spacial score (nSPS) is 16.7. The second kappa shape index (κ2) is 9.38. The molecule has 1 saturated heterocycles. The second-order valence-corrected chi connectivity index (χ2v) is 9.69. The van der Waals surface area contributed by atoms with Crippen molar-refractivity contribution in [3.05, 3.63) is 63.2 Å². The number of carbonyl (C=O) groups excluding carboxylic acids is 1. The first-order valence-electron chi connectivity index (χ1n) is 10.1. The summed E-state index contributed by atoms with van der Waals surface area (Å²) in [6, 6.07) is 8.32. The molecule has 1 fully saturated rings. The third kappa shape index (κ3) is 4.95. The van der Waals surface area contributed by atoms with Crippen LogP contribution in [0.25, 0.3) is 6.08 Å². The number of piperazine rings is 1. The Morgan fingerprint density at radius 1 is 1.09 bits per heavy atom. The molecule has 1 amide bonds. The van der Waals surface area contributed by atoms with E-state index in [2.05, 4.69) is 0 Å². The number of nitrogens with zero attached hydrogens (tertiary/aromatic N) is 3. The van der Waals surface area contributed by atoms with Gasteiger partial charge >= 0.3 is 0 Å². The van der Waals surface area contributed by atoms with E-state index in [1.54, 1.807) is 18.2 Å². The van der Waals surface area contributed by atoms with E-state index in [1.807, 2.05) is 0 Å². The lowest BCUT2D eigenvalue weighted by molar-refractivity contribution is -0.385. The fourth-order valence-electron chi connectivity index (χ4n) is 3.56. The van der Waals surface area contributed by atoms with Gasteiger partial charge in [-0.05, 0) is 29.8 Å². The van der Waals surface area contributed by atoms with Crippen LogP contribution in [0, 0.1) is 10.1 Å². The first-order valence-corrected chi connectivity index (χ1v) is 11.9. The van der Waals surface area contributed by atoms with E-state index >= 15 is 0 Å². The predicted octanol–water partition coefficient (Wildman–Crippen LogP) is 2.57. The Labute approximate surface area is 195 Å². The predicted molar refractivity (Wildman–Crippen MR) is 120 cm³/mol. The van der Waals surface area contributed by atoms with E-state index in [-0.39, 0.29) is 42.7 Å². The van der Waals surface area contributed by atoms with E-state index in [9.17, 15) is 23.3 Å². The van der Waals surface area contributed by atoms with Gasteiger partial charge in [0.1, 0.15) is 13.2 Å². The Hall–Kier alpha value is -3.15. The van der Waals surface area contributed by atoms with Gasteiger partial charge in [0.15, 0.2) is 11.5 Å². The number of nitro benzene ring substituents is 1. The number of halogens is 1. The number of hydrogen-bond acceptors (Lipinski definition) is 7. The van der Waals surface area contributed by atoms with Crippen molar-refractivity contribution in [2.75, 3.05) is 39.4 Å². The summed E-state index contributed by atoms with van der Waals surface area (Å²) in [6.45, 7) is 1.39. The SMILES string of the molecule is O=C(/C=C/c1cc(Cl)c2c(c1)OCCO2)N1CCN(S(=O)(=O)c2cccc([N+](=O)[O-])c2)CC1. The molecule has 0 atom stereocenters. The Bertz CT molecular complexity index is 1220. The second-order valence-electron chi connectivity index (χ2n) is 7.34. The monoisotopic (exact) mass is 493 g/mol. The summed E-state index contributed by atoms with van der Waals surface area (Å²) < 4.78 is 37.9. The first kappa shape index (κ1) is 23.0. The molecule has 174 valence electrons. The van der Waals surface area contributed by atoms with Crippen molar-refractivity contribution in [2.24, 2.45) is 0 Å². The highest BCUT2D eigenvalue weighted by atomic mass is 35.5. The van der Waals surface area contributed by atoms with Gasteiger partial charge < -0.3 is 14.4 Å². The highest BCUT2D eigenvalue weighted by Gasteiger charge is 2.30. The molecular weight excluding hydrogens is 474 g/mol. The van der Waals surface area contributed by atoms with Gasteiger partial charge in [-0.15, -0.1) is 0 Å². The van der Waals surface area contributed by atoms with Crippen LogP contribution >= 0.6 is 11.6 Å². The molecule has 0 bridgehead atoms. The quantitative estimate of drug-likeness (QED) is 0.356. The molecule has 2 aromatic rings. The number of fused-ring (bicyclic) bond motifs is 1. The van der Waals surface area contributed by atoms with Crippen LogP contribution in [0.3, 0.4) is 0 Å². The van der Waals surface area contributed by atoms with Crippen LogP contribution in [0.1, 0.15) is 5.56 Å². The minimum absolute atomic E-state index is 0.0838. The van der Waals surface area contributed by atoms with Crippen molar-refractivity contribution in [3.8, 4) is 11.5 Å². The third-order valence-corrected chi connectivity index (χ3v) is 7.43. The molecule has 10 nitrogen and oxygen atoms in total. The van der Waals surface area contributed by atoms with Gasteiger partial charge in [-0.1, -0.05) is 17.7 Å². The van der Waals surface area contributed by atoms with Crippen molar-refractivity contribution in [3.63, 3.8) is 0 Å². The van der Waals surface area contributed by atoms with Gasteiger partial charge in [0.05, 0.1) is 14.8 Å². The molecule has 2 aliphatic rings. The molecule has 0 spiro atoms. The number of ether oxygens (including phenoxy) is 2. The van der Waals surface area contributed by atoms with E-state index in [4.69, 9.17) is 21.1 Å². The zero-order chi connectivity index (χ0) is 23.6. The molecular formula is C21H20ClN3O7S. The number of amides is 1. The summed E-state index contributed by atoms with van der Waals surface area (Å²) in [5, 5.41) is 11.3. The van der Waals surface area contributed by atoms with Crippen molar-refractivity contribution in [2.45, 2.75) is 4.90 Å². The van der Waals surface area contributed by atoms with Gasteiger partial charge in [0, 0.05) is 44.4 Å². The lowest BCUT2D eigenvalue weighted by Crippen LogP contribution is -2.50. The minimum Gasteiger partial charge on any atom is -0.486 e. The highest BCUT2D eigenvalue weighted by Crippen LogP contribution is 2.38. The first-order chi connectivity index (χ1) is 15.8. The Morgan fingerprint density at radius 3 is 2.55 bits per heavy atom. The summed E-state index contributed by atoms with van der Waals surface area (Å²) in [6.07, 6.45) is 3.01. The zero-order valence-electron chi connectivity index (χ0n) is 17.3. The van der Waals surface area contributed by atoms with Gasteiger partial charge in [-0.2, -0.15) is 4.31 Å². The summed E-state index contributed by atoms with van der Waals surface area (Å²) in [5.41, 5.74) is 0.374. The molecule has 2 heterocycles. The smallest absolute Gasteiger partial charge is 0.270 e. The molecule has 0 radical (unpaired) electrons. The van der Waals surface area contributed by atoms with Crippen LogP contribution < -0.4 is 9.47 Å². The number of rotatable bonds is 5. The maximum Gasteiger partial charge on any atom is 0.270 e. The average Bonchev–Trinajstić information content (AvgIpc) is 2.82. The van der Waals surface area contributed by atoms with Gasteiger partial charge in [-0.3, -0.25) is 14.9 Å². The number of sulfonamides is 1. The molecule has 0 unspecified atom stereocenters. The molecule has 2 aromatic carbocycles. The third-order valence-electron chi connectivity index (χ3n) is 5.25. The van der Waals surface area contributed by atoms with Crippen molar-refractivity contribution in [1.29, 1.82) is 0 Å².